The molecule has 0 atom stereocenters. The maximum Gasteiger partial charge on any atom is 0.339 e. The summed E-state index contributed by atoms with van der Waals surface area (Å²) in [6, 6.07) is 35.8. The van der Waals surface area contributed by atoms with Crippen molar-refractivity contribution in [2.45, 2.75) is 20.3 Å². The highest BCUT2D eigenvalue weighted by atomic mass is 16.5. The third-order valence-electron chi connectivity index (χ3n) is 6.16. The van der Waals surface area contributed by atoms with Crippen LogP contribution in [0.25, 0.3) is 11.1 Å². The van der Waals surface area contributed by atoms with E-state index < -0.39 is 11.9 Å². The van der Waals surface area contributed by atoms with E-state index in [0.29, 0.717) is 6.61 Å². The molecule has 0 aliphatic carbocycles. The van der Waals surface area contributed by atoms with Crippen LogP contribution in [0.4, 0.5) is 0 Å². The van der Waals surface area contributed by atoms with E-state index in [1.54, 1.807) is 12.1 Å². The van der Waals surface area contributed by atoms with Crippen LogP contribution in [0, 0.1) is 0 Å². The largest absolute Gasteiger partial charge is 0.492 e. The molecule has 0 fully saturated rings. The molecule has 212 valence electrons. The molecule has 0 aliphatic heterocycles. The van der Waals surface area contributed by atoms with Gasteiger partial charge in [-0.05, 0) is 72.6 Å². The van der Waals surface area contributed by atoms with Gasteiger partial charge in [0.1, 0.15) is 23.7 Å². The Balaban J connectivity index is 0.000000298. The van der Waals surface area contributed by atoms with Crippen LogP contribution in [0.2, 0.25) is 0 Å². The zero-order valence-electron chi connectivity index (χ0n) is 24.0. The number of hydrogen-bond donors (Lipinski definition) is 1. The molecule has 41 heavy (non-hydrogen) atoms. The number of benzene rings is 4. The molecular weight excluding hydrogens is 514 g/mol. The van der Waals surface area contributed by atoms with Gasteiger partial charge in [0.15, 0.2) is 0 Å². The Morgan fingerprint density at radius 2 is 1.27 bits per heavy atom. The molecule has 0 aromatic heterocycles. The highest BCUT2D eigenvalue weighted by Gasteiger charge is 2.13. The third kappa shape index (κ3) is 9.48. The van der Waals surface area contributed by atoms with Crippen molar-refractivity contribution in [2.24, 2.45) is 0 Å². The summed E-state index contributed by atoms with van der Waals surface area (Å²) in [6.07, 6.45) is 0.968. The lowest BCUT2D eigenvalue weighted by Gasteiger charge is -2.17. The molecule has 0 unspecified atom stereocenters. The number of carbonyl (C=O) groups excluding carboxylic acids is 1. The fourth-order valence-electron chi connectivity index (χ4n) is 4.24. The van der Waals surface area contributed by atoms with Gasteiger partial charge in [0, 0.05) is 13.5 Å². The zero-order valence-corrected chi connectivity index (χ0v) is 24.0. The summed E-state index contributed by atoms with van der Waals surface area (Å²) in [7, 11) is 4.11. The van der Waals surface area contributed by atoms with Gasteiger partial charge in [-0.3, -0.25) is 4.79 Å². The van der Waals surface area contributed by atoms with Gasteiger partial charge in [0.05, 0.1) is 0 Å². The Morgan fingerprint density at radius 3 is 1.80 bits per heavy atom. The van der Waals surface area contributed by atoms with Gasteiger partial charge in [-0.2, -0.15) is 0 Å². The molecule has 4 aromatic rings. The van der Waals surface area contributed by atoms with Crippen LogP contribution in [0.3, 0.4) is 0 Å². The zero-order chi connectivity index (χ0) is 29.6. The molecule has 6 nitrogen and oxygen atoms in total. The molecule has 0 saturated heterocycles. The third-order valence-corrected chi connectivity index (χ3v) is 6.16. The Bertz CT molecular complexity index is 1430. The van der Waals surface area contributed by atoms with Crippen molar-refractivity contribution in [3.63, 3.8) is 0 Å². The maximum absolute atomic E-state index is 10.6. The van der Waals surface area contributed by atoms with E-state index in [2.05, 4.69) is 116 Å². The SMILES string of the molecule is CC(=O)Oc1ccccc1C(=O)O.CC/C(=C(\c1ccccc1)c1ccc(OCCN(C)C)cc1)c1ccccc1. The summed E-state index contributed by atoms with van der Waals surface area (Å²) in [5.74, 6) is -0.663. The highest BCUT2D eigenvalue weighted by molar-refractivity contribution is 5.98. The van der Waals surface area contributed by atoms with E-state index >= 15 is 0 Å². The van der Waals surface area contributed by atoms with Gasteiger partial charge in [-0.15, -0.1) is 0 Å². The van der Waals surface area contributed by atoms with Crippen LogP contribution in [-0.4, -0.2) is 49.2 Å². The van der Waals surface area contributed by atoms with Crippen molar-refractivity contribution >= 4 is 23.1 Å². The first-order valence-corrected chi connectivity index (χ1v) is 13.5. The van der Waals surface area contributed by atoms with E-state index in [1.807, 2.05) is 0 Å². The first-order chi connectivity index (χ1) is 19.8. The van der Waals surface area contributed by atoms with Crippen molar-refractivity contribution in [3.05, 3.63) is 131 Å². The molecule has 4 rings (SSSR count). The molecule has 0 radical (unpaired) electrons. The summed E-state index contributed by atoms with van der Waals surface area (Å²) in [4.78, 5) is 23.3. The molecule has 0 saturated carbocycles. The molecule has 0 amide bonds. The standard InChI is InChI=1S/C26H29NO.C9H8O4/c1-4-25(21-11-7-5-8-12-21)26(22-13-9-6-10-14-22)23-15-17-24(18-16-23)28-20-19-27(2)3;1-6(10)13-8-5-3-2-4-7(8)9(11)12/h5-18H,4,19-20H2,1-3H3;2-5H,1H3,(H,11,12)/b26-25-;. The first-order valence-electron chi connectivity index (χ1n) is 13.5. The van der Waals surface area contributed by atoms with E-state index in [4.69, 9.17) is 9.84 Å². The number of carboxylic acid groups (broad SMARTS) is 1. The molecule has 0 aliphatic rings. The minimum absolute atomic E-state index is 0.0160. The number of nitrogens with zero attached hydrogens (tertiary/aromatic N) is 1. The van der Waals surface area contributed by atoms with Crippen LogP contribution >= 0.6 is 0 Å². The summed E-state index contributed by atoms with van der Waals surface area (Å²) >= 11 is 0. The Hall–Kier alpha value is -4.68. The van der Waals surface area contributed by atoms with Crippen LogP contribution < -0.4 is 9.47 Å². The molecule has 1 N–H and O–H groups in total. The van der Waals surface area contributed by atoms with Gasteiger partial charge in [0.25, 0.3) is 0 Å². The van der Waals surface area contributed by atoms with Crippen LogP contribution in [-0.2, 0) is 4.79 Å². The van der Waals surface area contributed by atoms with Gasteiger partial charge in [0.2, 0.25) is 0 Å². The molecule has 0 spiro atoms. The fourth-order valence-corrected chi connectivity index (χ4v) is 4.24. The summed E-state index contributed by atoms with van der Waals surface area (Å²) in [5.41, 5.74) is 6.35. The quantitative estimate of drug-likeness (QED) is 0.127. The number of para-hydroxylation sites is 1. The second-order valence-electron chi connectivity index (χ2n) is 9.51. The molecule has 6 heteroatoms. The minimum atomic E-state index is -1.11. The van der Waals surface area contributed by atoms with E-state index in [-0.39, 0.29) is 11.3 Å². The lowest BCUT2D eigenvalue weighted by Crippen LogP contribution is -2.19. The smallest absolute Gasteiger partial charge is 0.339 e. The van der Waals surface area contributed by atoms with Gasteiger partial charge in [-0.25, -0.2) is 4.79 Å². The number of esters is 1. The molecule has 0 heterocycles. The average Bonchev–Trinajstić information content (AvgIpc) is 2.97. The molecule has 0 bridgehead atoms. The lowest BCUT2D eigenvalue weighted by atomic mass is 9.88. The number of carboxylic acids is 1. The predicted octanol–water partition coefficient (Wildman–Crippen LogP) is 7.31. The number of ether oxygens (including phenoxy) is 2. The van der Waals surface area contributed by atoms with Crippen molar-refractivity contribution in [2.75, 3.05) is 27.2 Å². The second-order valence-corrected chi connectivity index (χ2v) is 9.51. The van der Waals surface area contributed by atoms with Gasteiger partial charge in [-0.1, -0.05) is 91.9 Å². The Kier molecular flexibility index (Phi) is 11.9. The fraction of sp³-hybridized carbons (Fsp3) is 0.200. The highest BCUT2D eigenvalue weighted by Crippen LogP contribution is 2.34. The first kappa shape index (κ1) is 30.9. The normalized spacial score (nSPS) is 11.1. The van der Waals surface area contributed by atoms with Crippen LogP contribution in [0.15, 0.2) is 109 Å². The number of hydrogen-bond acceptors (Lipinski definition) is 5. The van der Waals surface area contributed by atoms with Crippen molar-refractivity contribution in [1.29, 1.82) is 0 Å². The number of allylic oxidation sites excluding steroid dienone is 1. The minimum Gasteiger partial charge on any atom is -0.492 e. The number of aromatic carboxylic acids is 1. The Labute approximate surface area is 242 Å². The number of carbonyl (C=O) groups is 2. The molecular formula is C35H37NO5. The summed E-state index contributed by atoms with van der Waals surface area (Å²) in [6.45, 7) is 5.05. The van der Waals surface area contributed by atoms with Crippen LogP contribution in [0.1, 0.15) is 47.3 Å². The van der Waals surface area contributed by atoms with Crippen molar-refractivity contribution in [3.8, 4) is 11.5 Å². The monoisotopic (exact) mass is 551 g/mol. The summed E-state index contributed by atoms with van der Waals surface area (Å²) in [5, 5.41) is 8.69. The topological polar surface area (TPSA) is 76.1 Å². The maximum atomic E-state index is 10.6. The second kappa shape index (κ2) is 15.8. The van der Waals surface area contributed by atoms with Crippen LogP contribution in [0.5, 0.6) is 11.5 Å². The number of likely N-dealkylation sites (N-methyl/N-ethyl adjacent to an activating group) is 1. The lowest BCUT2D eigenvalue weighted by molar-refractivity contribution is -0.131. The van der Waals surface area contributed by atoms with Gasteiger partial charge >= 0.3 is 11.9 Å². The van der Waals surface area contributed by atoms with E-state index in [0.717, 1.165) is 18.7 Å². The number of rotatable bonds is 10. The van der Waals surface area contributed by atoms with Crippen molar-refractivity contribution in [1.82, 2.24) is 4.90 Å². The average molecular weight is 552 g/mol. The van der Waals surface area contributed by atoms with Crippen molar-refractivity contribution < 1.29 is 24.2 Å². The Morgan fingerprint density at radius 1 is 0.732 bits per heavy atom. The van der Waals surface area contributed by atoms with Gasteiger partial charge < -0.3 is 19.5 Å². The van der Waals surface area contributed by atoms with E-state index in [1.165, 1.54) is 46.9 Å². The molecule has 4 aromatic carbocycles. The summed E-state index contributed by atoms with van der Waals surface area (Å²) < 4.78 is 10.6. The predicted molar refractivity (Wildman–Crippen MR) is 164 cm³/mol. The van der Waals surface area contributed by atoms with E-state index in [9.17, 15) is 9.59 Å².